The molecule has 0 spiro atoms. The van der Waals surface area contributed by atoms with Crippen LogP contribution in [0.5, 0.6) is 0 Å². The standard InChI is InChI=1S/C41H36N6O/c1-42-19-22-47-37-28(15-16-31-30-11-4-7-14-36(30)48-38(31)37)26-33-40-43-17-8-18-44-21-24-46(41(33)44)35-13-6-3-10-29(35)32(39(42)47)25-27-9-2-5-12-34(27)45(40)23-20-43/h2-7,9-16,19-24,26,32,39-41H,8,17-18,25H2,1H3/b33-26+. The maximum absolute atomic E-state index is 6.86. The number of anilines is 3. The molecule has 0 radical (unpaired) electrons. The van der Waals surface area contributed by atoms with Gasteiger partial charge in [-0.15, -0.1) is 0 Å². The summed E-state index contributed by atoms with van der Waals surface area (Å²) in [5.41, 5.74) is 10.8. The highest BCUT2D eigenvalue weighted by Crippen LogP contribution is 2.50. The fourth-order valence-corrected chi connectivity index (χ4v) is 9.37. The molecule has 0 aliphatic carbocycles. The Bertz CT molecular complexity index is 2260. The Labute approximate surface area is 280 Å². The van der Waals surface area contributed by atoms with Crippen molar-refractivity contribution in [2.45, 2.75) is 37.3 Å². The van der Waals surface area contributed by atoms with Crippen LogP contribution in [0, 0.1) is 0 Å². The van der Waals surface area contributed by atoms with E-state index in [1.807, 2.05) is 0 Å². The van der Waals surface area contributed by atoms with Crippen molar-refractivity contribution < 1.29 is 4.42 Å². The van der Waals surface area contributed by atoms with Gasteiger partial charge in [-0.25, -0.2) is 0 Å². The largest absolute Gasteiger partial charge is 0.454 e. The first-order chi connectivity index (χ1) is 23.7. The van der Waals surface area contributed by atoms with E-state index >= 15 is 0 Å². The number of fused-ring (bicyclic) bond motifs is 10. The second-order valence-electron chi connectivity index (χ2n) is 13.9. The van der Waals surface area contributed by atoms with E-state index in [1.165, 1.54) is 33.6 Å². The lowest BCUT2D eigenvalue weighted by atomic mass is 9.86. The van der Waals surface area contributed by atoms with E-state index in [-0.39, 0.29) is 24.4 Å². The van der Waals surface area contributed by atoms with Gasteiger partial charge in [0.1, 0.15) is 24.1 Å². The van der Waals surface area contributed by atoms with Crippen LogP contribution in [-0.2, 0) is 6.42 Å². The Hall–Kier alpha value is -5.56. The maximum Gasteiger partial charge on any atom is 0.159 e. The summed E-state index contributed by atoms with van der Waals surface area (Å²) in [6, 6.07) is 31.3. The minimum Gasteiger partial charge on any atom is -0.454 e. The van der Waals surface area contributed by atoms with Crippen LogP contribution < -0.4 is 14.7 Å². The van der Waals surface area contributed by atoms with Gasteiger partial charge in [0.15, 0.2) is 5.58 Å². The Morgan fingerprint density at radius 1 is 0.646 bits per heavy atom. The molecule has 4 unspecified atom stereocenters. The van der Waals surface area contributed by atoms with Crippen LogP contribution >= 0.6 is 0 Å². The first-order valence-corrected chi connectivity index (χ1v) is 17.2. The zero-order chi connectivity index (χ0) is 31.5. The third-order valence-corrected chi connectivity index (χ3v) is 11.4. The molecule has 48 heavy (non-hydrogen) atoms. The highest BCUT2D eigenvalue weighted by molar-refractivity contribution is 6.10. The SMILES string of the molecule is CN1C=CN2c3c(ccc4c3oc3ccccc34)/C=C3\C4N5C=CN4c4ccccc4CC(c4ccccc4N4C=CN(CCC5)C34)C12. The van der Waals surface area contributed by atoms with Crippen molar-refractivity contribution >= 4 is 45.1 Å². The van der Waals surface area contributed by atoms with Gasteiger partial charge in [-0.1, -0.05) is 60.7 Å². The first-order valence-electron chi connectivity index (χ1n) is 17.2. The molecular weight excluding hydrogens is 592 g/mol. The van der Waals surface area contributed by atoms with Crippen molar-refractivity contribution in [2.24, 2.45) is 0 Å². The molecular formula is C41H36N6O. The molecule has 4 aromatic carbocycles. The Morgan fingerprint density at radius 3 is 2.21 bits per heavy atom. The molecule has 1 aromatic heterocycles. The summed E-state index contributed by atoms with van der Waals surface area (Å²) in [7, 11) is 2.23. The summed E-state index contributed by atoms with van der Waals surface area (Å²) >= 11 is 0. The monoisotopic (exact) mass is 628 g/mol. The average Bonchev–Trinajstić information content (AvgIpc) is 3.89. The van der Waals surface area contributed by atoms with Gasteiger partial charge in [-0.05, 0) is 54.3 Å². The van der Waals surface area contributed by atoms with E-state index in [2.05, 4.69) is 165 Å². The molecule has 7 nitrogen and oxygen atoms in total. The molecule has 1 saturated heterocycles. The lowest BCUT2D eigenvalue weighted by Gasteiger charge is -2.44. The van der Waals surface area contributed by atoms with Gasteiger partial charge in [0.25, 0.3) is 0 Å². The predicted molar refractivity (Wildman–Crippen MR) is 193 cm³/mol. The van der Waals surface area contributed by atoms with Gasteiger partial charge in [0, 0.05) is 96.5 Å². The highest BCUT2D eigenvalue weighted by atomic mass is 16.3. The summed E-state index contributed by atoms with van der Waals surface area (Å²) in [4.78, 5) is 15.2. The molecule has 0 N–H and O–H groups in total. The summed E-state index contributed by atoms with van der Waals surface area (Å²) in [6.07, 6.45) is 18.4. The van der Waals surface area contributed by atoms with E-state index in [1.54, 1.807) is 0 Å². The maximum atomic E-state index is 6.86. The third kappa shape index (κ3) is 3.53. The molecule has 0 saturated carbocycles. The van der Waals surface area contributed by atoms with Gasteiger partial charge < -0.3 is 33.8 Å². The molecule has 6 aliphatic heterocycles. The zero-order valence-electron chi connectivity index (χ0n) is 26.9. The molecule has 0 amide bonds. The Balaban J connectivity index is 1.31. The van der Waals surface area contributed by atoms with Crippen LogP contribution in [0.15, 0.2) is 132 Å². The van der Waals surface area contributed by atoms with Gasteiger partial charge in [0.2, 0.25) is 0 Å². The molecule has 11 rings (SSSR count). The van der Waals surface area contributed by atoms with Crippen LogP contribution in [0.2, 0.25) is 0 Å². The number of rotatable bonds is 0. The van der Waals surface area contributed by atoms with E-state index in [0.29, 0.717) is 0 Å². The van der Waals surface area contributed by atoms with Crippen molar-refractivity contribution in [3.63, 3.8) is 0 Å². The van der Waals surface area contributed by atoms with Crippen molar-refractivity contribution in [1.82, 2.24) is 14.7 Å². The summed E-state index contributed by atoms with van der Waals surface area (Å²) in [6.45, 7) is 1.98. The van der Waals surface area contributed by atoms with Gasteiger partial charge >= 0.3 is 0 Å². The Kier molecular flexibility index (Phi) is 5.37. The normalized spacial score (nSPS) is 26.0. The molecule has 4 atom stereocenters. The van der Waals surface area contributed by atoms with Crippen molar-refractivity contribution in [1.29, 1.82) is 0 Å². The zero-order valence-corrected chi connectivity index (χ0v) is 26.9. The number of likely N-dealkylation sites (N-methyl/N-ethyl adjacent to an activating group) is 1. The molecule has 236 valence electrons. The molecule has 7 heterocycles. The smallest absolute Gasteiger partial charge is 0.159 e. The van der Waals surface area contributed by atoms with Crippen molar-refractivity contribution in [3.8, 4) is 0 Å². The lowest BCUT2D eigenvalue weighted by molar-refractivity contribution is 0.228. The van der Waals surface area contributed by atoms with Crippen LogP contribution in [0.4, 0.5) is 17.1 Å². The summed E-state index contributed by atoms with van der Waals surface area (Å²) < 4.78 is 6.86. The minimum atomic E-state index is 0.0179. The second-order valence-corrected chi connectivity index (χ2v) is 13.9. The quantitative estimate of drug-likeness (QED) is 0.173. The van der Waals surface area contributed by atoms with Crippen molar-refractivity contribution in [3.05, 3.63) is 144 Å². The van der Waals surface area contributed by atoms with E-state index in [4.69, 9.17) is 4.42 Å². The second kappa shape index (κ2) is 9.73. The molecule has 4 bridgehead atoms. The predicted octanol–water partition coefficient (Wildman–Crippen LogP) is 7.81. The van der Waals surface area contributed by atoms with Crippen LogP contribution in [0.25, 0.3) is 28.0 Å². The lowest BCUT2D eigenvalue weighted by Crippen LogP contribution is -2.53. The van der Waals surface area contributed by atoms with Gasteiger partial charge in [-0.2, -0.15) is 0 Å². The minimum absolute atomic E-state index is 0.0179. The molecule has 1 fully saturated rings. The fourth-order valence-electron chi connectivity index (χ4n) is 9.37. The highest BCUT2D eigenvalue weighted by Gasteiger charge is 2.46. The van der Waals surface area contributed by atoms with Crippen LogP contribution in [0.3, 0.4) is 0 Å². The van der Waals surface area contributed by atoms with E-state index in [0.717, 1.165) is 53.6 Å². The third-order valence-electron chi connectivity index (χ3n) is 11.4. The number of nitrogens with zero attached hydrogens (tertiary/aromatic N) is 6. The summed E-state index contributed by atoms with van der Waals surface area (Å²) in [5, 5.41) is 2.31. The van der Waals surface area contributed by atoms with Crippen LogP contribution in [-0.4, -0.2) is 53.3 Å². The topological polar surface area (TPSA) is 32.6 Å². The molecule has 7 heteroatoms. The number of hydrogen-bond acceptors (Lipinski definition) is 7. The Morgan fingerprint density at radius 2 is 1.35 bits per heavy atom. The van der Waals surface area contributed by atoms with Crippen LogP contribution in [0.1, 0.15) is 29.0 Å². The van der Waals surface area contributed by atoms with E-state index < -0.39 is 0 Å². The average molecular weight is 629 g/mol. The molecule has 5 aromatic rings. The van der Waals surface area contributed by atoms with Gasteiger partial charge in [-0.3, -0.25) is 0 Å². The van der Waals surface area contributed by atoms with E-state index in [9.17, 15) is 0 Å². The first kappa shape index (κ1) is 26.5. The fraction of sp³-hybridized carbons (Fsp3) is 0.220. The molecule has 6 aliphatic rings. The summed E-state index contributed by atoms with van der Waals surface area (Å²) in [5.74, 6) is 0.129. The number of para-hydroxylation sites is 3. The number of hydrogen-bond donors (Lipinski definition) is 0. The number of benzene rings is 4. The van der Waals surface area contributed by atoms with Crippen molar-refractivity contribution in [2.75, 3.05) is 34.8 Å². The van der Waals surface area contributed by atoms with Gasteiger partial charge in [0.05, 0.1) is 5.69 Å². The number of furan rings is 1.